The number of nitrogens with zero attached hydrogens (tertiary/aromatic N) is 1. The van der Waals surface area contributed by atoms with Gasteiger partial charge in [-0.05, 0) is 25.0 Å². The molecule has 1 saturated carbocycles. The number of alkyl halides is 3. The molecule has 1 heterocycles. The van der Waals surface area contributed by atoms with E-state index < -0.39 is 46.7 Å². The van der Waals surface area contributed by atoms with Crippen molar-refractivity contribution in [2.24, 2.45) is 5.41 Å². The van der Waals surface area contributed by atoms with E-state index in [1.54, 1.807) is 0 Å². The summed E-state index contributed by atoms with van der Waals surface area (Å²) in [5, 5.41) is 2.07. The second kappa shape index (κ2) is 6.77. The lowest BCUT2D eigenvalue weighted by molar-refractivity contribution is -0.153. The van der Waals surface area contributed by atoms with Crippen molar-refractivity contribution in [1.29, 1.82) is 0 Å². The zero-order valence-corrected chi connectivity index (χ0v) is 14.8. The molecule has 3 rings (SSSR count). The van der Waals surface area contributed by atoms with Crippen LogP contribution < -0.4 is 10.1 Å². The van der Waals surface area contributed by atoms with Gasteiger partial charge in [-0.3, -0.25) is 19.7 Å². The zero-order valence-electron chi connectivity index (χ0n) is 14.8. The number of esters is 1. The number of hydrogen-bond acceptors (Lipinski definition) is 6. The third-order valence-electron chi connectivity index (χ3n) is 4.25. The lowest BCUT2D eigenvalue weighted by Crippen LogP contribution is -2.18. The highest BCUT2D eigenvalue weighted by molar-refractivity contribution is 6.06. The second-order valence-corrected chi connectivity index (χ2v) is 6.63. The molecule has 2 aromatic rings. The van der Waals surface area contributed by atoms with Crippen LogP contribution in [-0.2, 0) is 11.0 Å². The molecule has 0 aliphatic heterocycles. The van der Waals surface area contributed by atoms with Crippen molar-refractivity contribution in [3.8, 4) is 5.75 Å². The van der Waals surface area contributed by atoms with Crippen LogP contribution >= 0.6 is 0 Å². The molecular weight excluding hydrogens is 381 g/mol. The Morgan fingerprint density at radius 3 is 2.43 bits per heavy atom. The summed E-state index contributed by atoms with van der Waals surface area (Å²) in [6, 6.07) is 4.85. The number of benzene rings is 1. The molecule has 0 spiro atoms. The highest BCUT2D eigenvalue weighted by Gasteiger charge is 2.51. The Bertz CT molecular complexity index is 960. The van der Waals surface area contributed by atoms with Crippen LogP contribution in [0.1, 0.15) is 53.3 Å². The van der Waals surface area contributed by atoms with Crippen molar-refractivity contribution in [1.82, 2.24) is 4.98 Å². The maximum atomic E-state index is 13.2. The highest BCUT2D eigenvalue weighted by atomic mass is 19.4. The van der Waals surface area contributed by atoms with Gasteiger partial charge in [-0.2, -0.15) is 18.2 Å². The molecule has 0 atom stereocenters. The molecule has 0 unspecified atom stereocenters. The fourth-order valence-corrected chi connectivity index (χ4v) is 2.48. The first-order valence-corrected chi connectivity index (χ1v) is 8.23. The topological polar surface area (TPSA) is 98.5 Å². The van der Waals surface area contributed by atoms with Crippen LogP contribution in [0, 0.1) is 5.41 Å². The Labute approximate surface area is 156 Å². The Kier molecular flexibility index (Phi) is 4.74. The van der Waals surface area contributed by atoms with Gasteiger partial charge in [0.1, 0.15) is 5.75 Å². The number of anilines is 1. The summed E-state index contributed by atoms with van der Waals surface area (Å²) in [5.74, 6) is -4.03. The van der Waals surface area contributed by atoms with Gasteiger partial charge in [0, 0.05) is 12.3 Å². The van der Waals surface area contributed by atoms with Crippen LogP contribution in [0.5, 0.6) is 5.75 Å². The van der Waals surface area contributed by atoms with Crippen LogP contribution in [0.25, 0.3) is 0 Å². The van der Waals surface area contributed by atoms with E-state index in [0.717, 1.165) is 6.92 Å². The quantitative estimate of drug-likeness (QED) is 0.468. The number of ketones is 1. The maximum Gasteiger partial charge on any atom is 0.452 e. The molecule has 10 heteroatoms. The van der Waals surface area contributed by atoms with Crippen LogP contribution in [0.4, 0.5) is 19.2 Å². The van der Waals surface area contributed by atoms with Crippen LogP contribution in [0.3, 0.4) is 0 Å². The Hall–Kier alpha value is -3.17. The molecule has 148 valence electrons. The first-order chi connectivity index (χ1) is 13.0. The van der Waals surface area contributed by atoms with Gasteiger partial charge in [-0.1, -0.05) is 19.1 Å². The number of hydrogen-bond donors (Lipinski definition) is 1. The van der Waals surface area contributed by atoms with Crippen LogP contribution in [-0.4, -0.2) is 22.6 Å². The van der Waals surface area contributed by atoms with E-state index in [9.17, 15) is 27.6 Å². The first-order valence-electron chi connectivity index (χ1n) is 8.23. The Morgan fingerprint density at radius 2 is 1.86 bits per heavy atom. The molecule has 0 saturated heterocycles. The predicted molar refractivity (Wildman–Crippen MR) is 88.9 cm³/mol. The van der Waals surface area contributed by atoms with Crippen molar-refractivity contribution in [3.05, 3.63) is 41.3 Å². The molecule has 1 aliphatic carbocycles. The fourth-order valence-electron chi connectivity index (χ4n) is 2.48. The molecule has 7 nitrogen and oxygen atoms in total. The lowest BCUT2D eigenvalue weighted by atomic mass is 10.0. The van der Waals surface area contributed by atoms with Gasteiger partial charge in [0.15, 0.2) is 11.5 Å². The lowest BCUT2D eigenvalue weighted by Gasteiger charge is -2.07. The van der Waals surface area contributed by atoms with Crippen LogP contribution in [0.15, 0.2) is 28.7 Å². The van der Waals surface area contributed by atoms with Gasteiger partial charge < -0.3 is 9.15 Å². The number of aromatic nitrogens is 1. The summed E-state index contributed by atoms with van der Waals surface area (Å²) in [6.45, 7) is 2.67. The number of rotatable bonds is 5. The summed E-state index contributed by atoms with van der Waals surface area (Å²) in [4.78, 5) is 39.4. The van der Waals surface area contributed by atoms with Crippen molar-refractivity contribution in [2.75, 3.05) is 5.32 Å². The number of ether oxygens (including phenoxy) is 1. The number of halogens is 3. The smallest absolute Gasteiger partial charge is 0.426 e. The molecule has 1 fully saturated rings. The third kappa shape index (κ3) is 3.90. The van der Waals surface area contributed by atoms with Gasteiger partial charge in [0.2, 0.25) is 5.76 Å². The van der Waals surface area contributed by atoms with E-state index in [1.165, 1.54) is 31.2 Å². The molecule has 1 N–H and O–H groups in total. The van der Waals surface area contributed by atoms with Gasteiger partial charge in [0.05, 0.1) is 5.56 Å². The normalized spacial score (nSPS) is 15.0. The summed E-state index contributed by atoms with van der Waals surface area (Å²) >= 11 is 0. The van der Waals surface area contributed by atoms with Gasteiger partial charge in [0.25, 0.3) is 5.91 Å². The zero-order chi connectivity index (χ0) is 20.7. The molecule has 0 bridgehead atoms. The van der Waals surface area contributed by atoms with E-state index in [2.05, 4.69) is 14.7 Å². The van der Waals surface area contributed by atoms with E-state index >= 15 is 0 Å². The number of para-hydroxylation sites is 1. The van der Waals surface area contributed by atoms with Gasteiger partial charge in [-0.15, -0.1) is 0 Å². The molecule has 1 amide bonds. The van der Waals surface area contributed by atoms with Gasteiger partial charge in [-0.25, -0.2) is 0 Å². The SMILES string of the molecule is CC(=O)Oc1ccccc1C(=O)Nc1nc(C(=O)C2(C)CC2)c(C(F)(F)F)o1. The number of carbonyl (C=O) groups is 3. The molecular formula is C18H15F3N2O5. The second-order valence-electron chi connectivity index (χ2n) is 6.63. The average Bonchev–Trinajstić information content (AvgIpc) is 3.20. The van der Waals surface area contributed by atoms with E-state index in [1.807, 2.05) is 0 Å². The minimum Gasteiger partial charge on any atom is -0.426 e. The first kappa shape index (κ1) is 19.6. The van der Waals surface area contributed by atoms with E-state index in [-0.39, 0.29) is 11.3 Å². The van der Waals surface area contributed by atoms with Gasteiger partial charge >= 0.3 is 18.2 Å². The van der Waals surface area contributed by atoms with Crippen molar-refractivity contribution < 1.29 is 36.7 Å². The minimum absolute atomic E-state index is 0.0862. The Morgan fingerprint density at radius 1 is 1.21 bits per heavy atom. The highest BCUT2D eigenvalue weighted by Crippen LogP contribution is 2.49. The summed E-state index contributed by atoms with van der Waals surface area (Å²) in [7, 11) is 0. The molecule has 0 radical (unpaired) electrons. The minimum atomic E-state index is -4.96. The number of nitrogens with one attached hydrogen (secondary N) is 1. The summed E-state index contributed by atoms with van der Waals surface area (Å²) < 4.78 is 49.3. The largest absolute Gasteiger partial charge is 0.452 e. The van der Waals surface area contributed by atoms with E-state index in [4.69, 9.17) is 4.74 Å². The molecule has 28 heavy (non-hydrogen) atoms. The number of Topliss-reactive ketones (excluding diaryl/α,β-unsaturated/α-hetero) is 1. The molecule has 1 aromatic heterocycles. The van der Waals surface area contributed by atoms with Crippen molar-refractivity contribution in [3.63, 3.8) is 0 Å². The van der Waals surface area contributed by atoms with Crippen molar-refractivity contribution >= 4 is 23.7 Å². The fraction of sp³-hybridized carbons (Fsp3) is 0.333. The number of oxazole rings is 1. The monoisotopic (exact) mass is 396 g/mol. The summed E-state index contributed by atoms with van der Waals surface area (Å²) in [5.41, 5.74) is -1.89. The standard InChI is InChI=1S/C18H15F3N2O5/c1-9(24)27-11-6-4-3-5-10(11)15(26)23-16-22-12(13(25)17(2)7-8-17)14(28-16)18(19,20)21/h3-6H,7-8H2,1-2H3,(H,22,23,26). The molecule has 1 aromatic carbocycles. The number of carbonyl (C=O) groups excluding carboxylic acids is 3. The maximum absolute atomic E-state index is 13.2. The third-order valence-corrected chi connectivity index (χ3v) is 4.25. The van der Waals surface area contributed by atoms with Crippen molar-refractivity contribution in [2.45, 2.75) is 32.9 Å². The Balaban J connectivity index is 1.91. The number of amides is 1. The molecule has 1 aliphatic rings. The van der Waals surface area contributed by atoms with E-state index in [0.29, 0.717) is 12.8 Å². The average molecular weight is 396 g/mol. The summed E-state index contributed by atoms with van der Waals surface area (Å²) in [6.07, 6.45) is -4.05. The predicted octanol–water partition coefficient (Wildman–Crippen LogP) is 3.85. The van der Waals surface area contributed by atoms with Crippen LogP contribution in [0.2, 0.25) is 0 Å².